The van der Waals surface area contributed by atoms with Gasteiger partial charge in [0.2, 0.25) is 4.73 Å². The van der Waals surface area contributed by atoms with Crippen LogP contribution in [0.4, 0.5) is 26.3 Å². The van der Waals surface area contributed by atoms with Crippen molar-refractivity contribution in [3.63, 3.8) is 0 Å². The number of carbonyl (C=O) groups is 1. The number of hydrogen-bond acceptors (Lipinski definition) is 5. The Morgan fingerprint density at radius 1 is 1.12 bits per heavy atom. The molecule has 33 heavy (non-hydrogen) atoms. The summed E-state index contributed by atoms with van der Waals surface area (Å²) in [5.74, 6) is -0.894. The molecule has 172 valence electrons. The van der Waals surface area contributed by atoms with Gasteiger partial charge in [-0.3, -0.25) is 4.79 Å². The quantitative estimate of drug-likeness (QED) is 0.485. The van der Waals surface area contributed by atoms with Gasteiger partial charge in [0.25, 0.3) is 5.91 Å². The highest BCUT2D eigenvalue weighted by molar-refractivity contribution is 9.10. The number of rotatable bonds is 4. The molecule has 1 N–H and O–H groups in total. The molecule has 0 radical (unpaired) electrons. The zero-order valence-electron chi connectivity index (χ0n) is 16.3. The van der Waals surface area contributed by atoms with Crippen molar-refractivity contribution < 1.29 is 31.1 Å². The van der Waals surface area contributed by atoms with E-state index in [1.807, 2.05) is 6.07 Å². The fraction of sp³-hybridized carbons (Fsp3) is 0.211. The largest absolute Gasteiger partial charge is 0.416 e. The minimum Gasteiger partial charge on any atom is -0.342 e. The summed E-state index contributed by atoms with van der Waals surface area (Å²) in [5, 5.41) is 15.2. The number of aromatic nitrogens is 4. The monoisotopic (exact) mass is 532 g/mol. The predicted octanol–water partition coefficient (Wildman–Crippen LogP) is 4.83. The maximum absolute atomic E-state index is 13.1. The minimum absolute atomic E-state index is 0.0650. The van der Waals surface area contributed by atoms with E-state index < -0.39 is 41.0 Å². The maximum Gasteiger partial charge on any atom is 0.416 e. The van der Waals surface area contributed by atoms with Gasteiger partial charge in [-0.2, -0.15) is 36.3 Å². The molecular weight excluding hydrogens is 522 g/mol. The van der Waals surface area contributed by atoms with Crippen molar-refractivity contribution in [2.24, 2.45) is 0 Å². The maximum atomic E-state index is 13.1. The first-order valence-electron chi connectivity index (χ1n) is 8.89. The summed E-state index contributed by atoms with van der Waals surface area (Å²) in [7, 11) is 0. The second kappa shape index (κ2) is 8.81. The Balaban J connectivity index is 1.94. The van der Waals surface area contributed by atoms with E-state index in [1.54, 1.807) is 0 Å². The SMILES string of the molecule is CC(NC(=O)c1cc(C(F)(F)F)cc(C(F)(F)F)c1)c1nc(Br)nn1-c1ccc(C#N)cn1. The lowest BCUT2D eigenvalue weighted by atomic mass is 10.0. The van der Waals surface area contributed by atoms with Gasteiger partial charge < -0.3 is 5.32 Å². The molecule has 0 bridgehead atoms. The van der Waals surface area contributed by atoms with Crippen LogP contribution in [0.2, 0.25) is 0 Å². The second-order valence-corrected chi connectivity index (χ2v) is 7.37. The van der Waals surface area contributed by atoms with Crippen LogP contribution in [-0.2, 0) is 12.4 Å². The third kappa shape index (κ3) is 5.48. The molecular formula is C19H11BrF6N6O. The summed E-state index contributed by atoms with van der Waals surface area (Å²) in [6.45, 7) is 1.41. The topological polar surface area (TPSA) is 96.5 Å². The second-order valence-electron chi connectivity index (χ2n) is 6.66. The molecule has 0 aliphatic rings. The van der Waals surface area contributed by atoms with Crippen LogP contribution >= 0.6 is 15.9 Å². The van der Waals surface area contributed by atoms with E-state index in [-0.39, 0.29) is 28.0 Å². The molecule has 2 aromatic heterocycles. The first kappa shape index (κ1) is 24.2. The summed E-state index contributed by atoms with van der Waals surface area (Å²) in [6.07, 6.45) is -8.92. The lowest BCUT2D eigenvalue weighted by Gasteiger charge is -2.17. The summed E-state index contributed by atoms with van der Waals surface area (Å²) in [5.41, 5.74) is -3.78. The Bertz CT molecular complexity index is 1200. The average molecular weight is 533 g/mol. The third-order valence-electron chi connectivity index (χ3n) is 4.29. The number of alkyl halides is 6. The molecule has 0 fully saturated rings. The average Bonchev–Trinajstić information content (AvgIpc) is 3.14. The standard InChI is InChI=1S/C19H11BrF6N6O/c1-9(15-30-17(20)31-32(15)14-3-2-10(7-27)8-28-14)29-16(33)11-4-12(18(21,22)23)6-13(5-11)19(24,25)26/h2-6,8-9H,1H3,(H,29,33). The fourth-order valence-electron chi connectivity index (χ4n) is 2.75. The zero-order chi connectivity index (χ0) is 24.6. The van der Waals surface area contributed by atoms with Crippen LogP contribution in [0.3, 0.4) is 0 Å². The molecule has 3 aromatic rings. The molecule has 14 heteroatoms. The highest BCUT2D eigenvalue weighted by Gasteiger charge is 2.37. The van der Waals surface area contributed by atoms with Crippen molar-refractivity contribution in [1.82, 2.24) is 25.1 Å². The van der Waals surface area contributed by atoms with Crippen LogP contribution in [0, 0.1) is 11.3 Å². The van der Waals surface area contributed by atoms with E-state index in [4.69, 9.17) is 5.26 Å². The summed E-state index contributed by atoms with van der Waals surface area (Å²) in [6, 6.07) is 4.38. The Morgan fingerprint density at radius 2 is 1.73 bits per heavy atom. The van der Waals surface area contributed by atoms with Crippen molar-refractivity contribution in [3.05, 3.63) is 69.3 Å². The van der Waals surface area contributed by atoms with Gasteiger partial charge in [-0.15, -0.1) is 5.10 Å². The van der Waals surface area contributed by atoms with Gasteiger partial charge in [-0.1, -0.05) is 0 Å². The Labute approximate surface area is 190 Å². The van der Waals surface area contributed by atoms with E-state index in [1.165, 1.54) is 29.9 Å². The first-order chi connectivity index (χ1) is 15.3. The molecule has 0 aliphatic carbocycles. The van der Waals surface area contributed by atoms with Gasteiger partial charge in [-0.05, 0) is 53.2 Å². The van der Waals surface area contributed by atoms with Crippen molar-refractivity contribution in [2.45, 2.75) is 25.3 Å². The molecule has 2 heterocycles. The van der Waals surface area contributed by atoms with E-state index in [9.17, 15) is 31.1 Å². The number of benzene rings is 1. The summed E-state index contributed by atoms with van der Waals surface area (Å²) >= 11 is 3.06. The number of hydrogen-bond donors (Lipinski definition) is 1. The van der Waals surface area contributed by atoms with Gasteiger partial charge in [0.15, 0.2) is 11.6 Å². The highest BCUT2D eigenvalue weighted by Crippen LogP contribution is 2.36. The normalized spacial score (nSPS) is 12.8. The summed E-state index contributed by atoms with van der Waals surface area (Å²) in [4.78, 5) is 20.7. The lowest BCUT2D eigenvalue weighted by Crippen LogP contribution is -2.29. The molecule has 1 aromatic carbocycles. The van der Waals surface area contributed by atoms with Crippen LogP contribution in [0.5, 0.6) is 0 Å². The Morgan fingerprint density at radius 3 is 2.21 bits per heavy atom. The van der Waals surface area contributed by atoms with Crippen LogP contribution in [0.15, 0.2) is 41.3 Å². The van der Waals surface area contributed by atoms with E-state index in [2.05, 4.69) is 36.3 Å². The number of nitriles is 1. The number of nitrogens with one attached hydrogen (secondary N) is 1. The molecule has 1 amide bonds. The van der Waals surface area contributed by atoms with Crippen LogP contribution in [0.1, 0.15) is 45.8 Å². The Hall–Kier alpha value is -3.47. The number of amides is 1. The number of halogens is 7. The molecule has 0 saturated carbocycles. The highest BCUT2D eigenvalue weighted by atomic mass is 79.9. The minimum atomic E-state index is -5.09. The van der Waals surface area contributed by atoms with Gasteiger partial charge in [-0.25, -0.2) is 9.97 Å². The van der Waals surface area contributed by atoms with Crippen molar-refractivity contribution in [2.75, 3.05) is 0 Å². The van der Waals surface area contributed by atoms with Gasteiger partial charge in [0, 0.05) is 11.8 Å². The molecule has 3 rings (SSSR count). The first-order valence-corrected chi connectivity index (χ1v) is 9.68. The molecule has 7 nitrogen and oxygen atoms in total. The van der Waals surface area contributed by atoms with Crippen molar-refractivity contribution in [1.29, 1.82) is 5.26 Å². The van der Waals surface area contributed by atoms with E-state index in [0.717, 1.165) is 0 Å². The van der Waals surface area contributed by atoms with Crippen molar-refractivity contribution >= 4 is 21.8 Å². The van der Waals surface area contributed by atoms with Crippen LogP contribution in [0.25, 0.3) is 5.82 Å². The molecule has 1 atom stereocenters. The lowest BCUT2D eigenvalue weighted by molar-refractivity contribution is -0.143. The summed E-state index contributed by atoms with van der Waals surface area (Å²) < 4.78 is 79.7. The van der Waals surface area contributed by atoms with Gasteiger partial charge in [0.1, 0.15) is 6.07 Å². The van der Waals surface area contributed by atoms with E-state index >= 15 is 0 Å². The van der Waals surface area contributed by atoms with Crippen molar-refractivity contribution in [3.8, 4) is 11.9 Å². The van der Waals surface area contributed by atoms with E-state index in [0.29, 0.717) is 12.1 Å². The fourth-order valence-corrected chi connectivity index (χ4v) is 3.10. The van der Waals surface area contributed by atoms with Crippen LogP contribution < -0.4 is 5.32 Å². The predicted molar refractivity (Wildman–Crippen MR) is 104 cm³/mol. The third-order valence-corrected chi connectivity index (χ3v) is 4.62. The number of pyridine rings is 1. The molecule has 1 unspecified atom stereocenters. The molecule has 0 saturated heterocycles. The zero-order valence-corrected chi connectivity index (χ0v) is 17.9. The van der Waals surface area contributed by atoms with Gasteiger partial charge in [0.05, 0.1) is 22.7 Å². The Kier molecular flexibility index (Phi) is 6.46. The molecule has 0 aliphatic heterocycles. The smallest absolute Gasteiger partial charge is 0.342 e. The molecule has 0 spiro atoms. The van der Waals surface area contributed by atoms with Gasteiger partial charge >= 0.3 is 12.4 Å². The number of nitrogens with zero attached hydrogens (tertiary/aromatic N) is 5. The number of carbonyl (C=O) groups excluding carboxylic acids is 1. The van der Waals surface area contributed by atoms with Crippen LogP contribution in [-0.4, -0.2) is 25.7 Å².